The summed E-state index contributed by atoms with van der Waals surface area (Å²) in [7, 11) is -4.31. The number of anilines is 1. The number of hydrogen-bond donors (Lipinski definition) is 1. The lowest BCUT2D eigenvalue weighted by molar-refractivity contribution is -0.140. The van der Waals surface area contributed by atoms with Crippen molar-refractivity contribution in [3.05, 3.63) is 89.2 Å². The molecule has 0 radical (unpaired) electrons. The average Bonchev–Trinajstić information content (AvgIpc) is 2.97. The number of carbonyl (C=O) groups excluding carboxylic acids is 2. The standard InChI is InChI=1S/C31H37ClFN3O5S/c1-4-7-20-34-31(38)29(5-2)35(21-23-8-10-24(32)11-9-23)30(37)22-36(26-14-16-27(17-15-26)41-6-3)42(39,40)28-18-12-25(33)13-19-28/h8-19,29H,4-7,20-22H2,1-3H3,(H,34,38)/t29-/m1/s1. The molecule has 0 fully saturated rings. The number of unbranched alkanes of at least 4 members (excludes halogenated alkanes) is 1. The number of hydrogen-bond acceptors (Lipinski definition) is 5. The number of sulfonamides is 1. The fourth-order valence-electron chi connectivity index (χ4n) is 4.35. The van der Waals surface area contributed by atoms with Crippen LogP contribution in [-0.4, -0.2) is 50.9 Å². The molecule has 11 heteroatoms. The van der Waals surface area contributed by atoms with Gasteiger partial charge in [0.15, 0.2) is 0 Å². The Labute approximate surface area is 252 Å². The van der Waals surface area contributed by atoms with Gasteiger partial charge in [0.2, 0.25) is 11.8 Å². The van der Waals surface area contributed by atoms with Gasteiger partial charge in [-0.3, -0.25) is 13.9 Å². The van der Waals surface area contributed by atoms with Gasteiger partial charge in [-0.15, -0.1) is 0 Å². The molecular weight excluding hydrogens is 581 g/mol. The van der Waals surface area contributed by atoms with Crippen molar-refractivity contribution >= 4 is 39.1 Å². The van der Waals surface area contributed by atoms with Crippen molar-refractivity contribution in [2.75, 3.05) is 24.0 Å². The quantitative estimate of drug-likeness (QED) is 0.218. The molecule has 0 aromatic heterocycles. The second-order valence-electron chi connectivity index (χ2n) is 9.61. The molecule has 3 aromatic carbocycles. The number of nitrogens with zero attached hydrogens (tertiary/aromatic N) is 2. The predicted octanol–water partition coefficient (Wildman–Crippen LogP) is 5.80. The molecule has 0 saturated heterocycles. The Kier molecular flexibility index (Phi) is 12.2. The van der Waals surface area contributed by atoms with E-state index in [2.05, 4.69) is 5.32 Å². The van der Waals surface area contributed by atoms with Crippen LogP contribution in [-0.2, 0) is 26.2 Å². The molecule has 1 atom stereocenters. The molecule has 226 valence electrons. The van der Waals surface area contributed by atoms with Crippen molar-refractivity contribution in [1.29, 1.82) is 0 Å². The van der Waals surface area contributed by atoms with Gasteiger partial charge in [-0.2, -0.15) is 0 Å². The molecule has 0 saturated carbocycles. The maximum Gasteiger partial charge on any atom is 0.264 e. The van der Waals surface area contributed by atoms with E-state index in [1.807, 2.05) is 13.8 Å². The van der Waals surface area contributed by atoms with Crippen LogP contribution in [0, 0.1) is 5.82 Å². The first kappa shape index (κ1) is 32.9. The lowest BCUT2D eigenvalue weighted by Gasteiger charge is -2.33. The molecule has 8 nitrogen and oxygen atoms in total. The third kappa shape index (κ3) is 8.69. The largest absolute Gasteiger partial charge is 0.494 e. The highest BCUT2D eigenvalue weighted by Gasteiger charge is 2.33. The molecule has 1 N–H and O–H groups in total. The van der Waals surface area contributed by atoms with Crippen LogP contribution in [0.1, 0.15) is 45.6 Å². The van der Waals surface area contributed by atoms with Crippen molar-refractivity contribution in [3.8, 4) is 5.75 Å². The molecule has 42 heavy (non-hydrogen) atoms. The molecule has 2 amide bonds. The summed E-state index contributed by atoms with van der Waals surface area (Å²) in [5.74, 6) is -0.957. The fourth-order valence-corrected chi connectivity index (χ4v) is 5.89. The Bertz CT molecular complexity index is 1420. The number of carbonyl (C=O) groups is 2. The van der Waals surface area contributed by atoms with E-state index in [1.54, 1.807) is 43.3 Å². The first-order valence-corrected chi connectivity index (χ1v) is 15.7. The van der Waals surface area contributed by atoms with E-state index < -0.39 is 34.3 Å². The normalized spacial score (nSPS) is 11.9. The van der Waals surface area contributed by atoms with E-state index in [0.717, 1.165) is 47.0 Å². The van der Waals surface area contributed by atoms with Crippen molar-refractivity contribution in [1.82, 2.24) is 10.2 Å². The summed E-state index contributed by atoms with van der Waals surface area (Å²) >= 11 is 6.06. The van der Waals surface area contributed by atoms with Gasteiger partial charge in [0.1, 0.15) is 24.2 Å². The van der Waals surface area contributed by atoms with Crippen LogP contribution in [0.3, 0.4) is 0 Å². The van der Waals surface area contributed by atoms with Gasteiger partial charge < -0.3 is 15.0 Å². The van der Waals surface area contributed by atoms with Crippen molar-refractivity contribution < 1.29 is 27.1 Å². The third-order valence-electron chi connectivity index (χ3n) is 6.60. The molecule has 0 unspecified atom stereocenters. The Hall–Kier alpha value is -3.63. The molecular formula is C31H37ClFN3O5S. The van der Waals surface area contributed by atoms with Crippen LogP contribution in [0.4, 0.5) is 10.1 Å². The summed E-state index contributed by atoms with van der Waals surface area (Å²) in [4.78, 5) is 28.5. The molecule has 0 heterocycles. The molecule has 0 aliphatic rings. The van der Waals surface area contributed by atoms with E-state index >= 15 is 0 Å². The van der Waals surface area contributed by atoms with Gasteiger partial charge in [-0.25, -0.2) is 12.8 Å². The number of benzene rings is 3. The maximum absolute atomic E-state index is 14.1. The minimum atomic E-state index is -4.31. The second kappa shape index (κ2) is 15.6. The van der Waals surface area contributed by atoms with E-state index in [-0.39, 0.29) is 23.0 Å². The summed E-state index contributed by atoms with van der Waals surface area (Å²) in [6, 6.07) is 16.7. The Morgan fingerprint density at radius 2 is 1.60 bits per heavy atom. The highest BCUT2D eigenvalue weighted by Crippen LogP contribution is 2.27. The number of nitrogens with one attached hydrogen (secondary N) is 1. The first-order chi connectivity index (χ1) is 20.1. The van der Waals surface area contributed by atoms with Crippen LogP contribution in [0.2, 0.25) is 5.02 Å². The van der Waals surface area contributed by atoms with E-state index in [4.69, 9.17) is 16.3 Å². The zero-order chi connectivity index (χ0) is 30.7. The minimum absolute atomic E-state index is 0.0589. The van der Waals surface area contributed by atoms with Gasteiger partial charge in [-0.05, 0) is 86.0 Å². The minimum Gasteiger partial charge on any atom is -0.494 e. The van der Waals surface area contributed by atoms with Crippen LogP contribution < -0.4 is 14.4 Å². The number of halogens is 2. The molecule has 3 aromatic rings. The van der Waals surface area contributed by atoms with Gasteiger partial charge in [0.05, 0.1) is 17.2 Å². The highest BCUT2D eigenvalue weighted by molar-refractivity contribution is 7.92. The summed E-state index contributed by atoms with van der Waals surface area (Å²) in [6.07, 6.45) is 1.99. The number of amides is 2. The summed E-state index contributed by atoms with van der Waals surface area (Å²) in [6.45, 7) is 5.99. The van der Waals surface area contributed by atoms with E-state index in [9.17, 15) is 22.4 Å². The summed E-state index contributed by atoms with van der Waals surface area (Å²) in [5.41, 5.74) is 0.935. The van der Waals surface area contributed by atoms with Gasteiger partial charge in [-0.1, -0.05) is 44.0 Å². The molecule has 0 bridgehead atoms. The molecule has 3 rings (SSSR count). The monoisotopic (exact) mass is 617 g/mol. The van der Waals surface area contributed by atoms with Gasteiger partial charge in [0, 0.05) is 18.1 Å². The van der Waals surface area contributed by atoms with E-state index in [1.165, 1.54) is 17.0 Å². The zero-order valence-corrected chi connectivity index (χ0v) is 25.6. The number of rotatable bonds is 15. The van der Waals surface area contributed by atoms with Crippen LogP contribution >= 0.6 is 11.6 Å². The SMILES string of the molecule is CCCCNC(=O)[C@@H](CC)N(Cc1ccc(Cl)cc1)C(=O)CN(c1ccc(OCC)cc1)S(=O)(=O)c1ccc(F)cc1. The van der Waals surface area contributed by atoms with Crippen LogP contribution in [0.5, 0.6) is 5.75 Å². The number of ether oxygens (including phenoxy) is 1. The first-order valence-electron chi connectivity index (χ1n) is 13.9. The summed E-state index contributed by atoms with van der Waals surface area (Å²) in [5, 5.41) is 3.42. The molecule has 0 aliphatic carbocycles. The van der Waals surface area contributed by atoms with Crippen molar-refractivity contribution in [2.45, 2.75) is 57.5 Å². The lowest BCUT2D eigenvalue weighted by Crippen LogP contribution is -2.52. The van der Waals surface area contributed by atoms with Gasteiger partial charge in [0.25, 0.3) is 10.0 Å². The Morgan fingerprint density at radius 3 is 2.17 bits per heavy atom. The van der Waals surface area contributed by atoms with Gasteiger partial charge >= 0.3 is 0 Å². The van der Waals surface area contributed by atoms with Crippen LogP contribution in [0.15, 0.2) is 77.7 Å². The lowest BCUT2D eigenvalue weighted by atomic mass is 10.1. The smallest absolute Gasteiger partial charge is 0.264 e. The topological polar surface area (TPSA) is 96.0 Å². The highest BCUT2D eigenvalue weighted by atomic mass is 35.5. The Morgan fingerprint density at radius 1 is 0.952 bits per heavy atom. The van der Waals surface area contributed by atoms with E-state index in [0.29, 0.717) is 30.3 Å². The Balaban J connectivity index is 2.03. The zero-order valence-electron chi connectivity index (χ0n) is 24.1. The predicted molar refractivity (Wildman–Crippen MR) is 163 cm³/mol. The average molecular weight is 618 g/mol. The van der Waals surface area contributed by atoms with Crippen molar-refractivity contribution in [3.63, 3.8) is 0 Å². The van der Waals surface area contributed by atoms with Crippen LogP contribution in [0.25, 0.3) is 0 Å². The molecule has 0 spiro atoms. The fraction of sp³-hybridized carbons (Fsp3) is 0.355. The molecule has 0 aliphatic heterocycles. The van der Waals surface area contributed by atoms with Crippen molar-refractivity contribution in [2.24, 2.45) is 0 Å². The second-order valence-corrected chi connectivity index (χ2v) is 11.9. The maximum atomic E-state index is 14.1. The summed E-state index contributed by atoms with van der Waals surface area (Å²) < 4.78 is 47.8. The third-order valence-corrected chi connectivity index (χ3v) is 8.64.